The second kappa shape index (κ2) is 14.6. The molecule has 7 aromatic rings. The van der Waals surface area contributed by atoms with Gasteiger partial charge in [-0.2, -0.15) is 0 Å². The van der Waals surface area contributed by atoms with Crippen molar-refractivity contribution in [2.75, 3.05) is 0 Å². The summed E-state index contributed by atoms with van der Waals surface area (Å²) < 4.78 is 65.3. The largest absolute Gasteiger partial charge is 0.390 e. The van der Waals surface area contributed by atoms with Crippen LogP contribution in [0.5, 0.6) is 0 Å². The molecular weight excluding hydrogens is 684 g/mol. The molecule has 0 spiro atoms. The van der Waals surface area contributed by atoms with Crippen LogP contribution in [-0.4, -0.2) is 48.9 Å². The Balaban J connectivity index is 0.000000156. The molecule has 2 saturated carbocycles. The Morgan fingerprint density at radius 1 is 0.509 bits per heavy atom. The zero-order valence-electron chi connectivity index (χ0n) is 28.9. The fourth-order valence-corrected chi connectivity index (χ4v) is 8.49. The van der Waals surface area contributed by atoms with Gasteiger partial charge in [0.15, 0.2) is 0 Å². The minimum atomic E-state index is -0.891. The molecule has 53 heavy (non-hydrogen) atoms. The van der Waals surface area contributed by atoms with Crippen LogP contribution in [0.3, 0.4) is 0 Å². The summed E-state index contributed by atoms with van der Waals surface area (Å²) in [6.07, 6.45) is 1.87. The molecule has 6 nitrogen and oxygen atoms in total. The van der Waals surface area contributed by atoms with Gasteiger partial charge in [0.2, 0.25) is 0 Å². The number of hydrogen-bond donors (Lipinski definition) is 3. The number of ether oxygens (including phenoxy) is 1. The first-order chi connectivity index (χ1) is 25.7. The molecule has 2 fully saturated rings. The highest BCUT2D eigenvalue weighted by atomic mass is 19.1. The van der Waals surface area contributed by atoms with Gasteiger partial charge in [0.1, 0.15) is 35.5 Å². The van der Waals surface area contributed by atoms with Gasteiger partial charge in [0, 0.05) is 43.6 Å². The van der Waals surface area contributed by atoms with Crippen molar-refractivity contribution in [1.29, 1.82) is 0 Å². The Bertz CT molecular complexity index is 2290. The van der Waals surface area contributed by atoms with Crippen LogP contribution in [0.4, 0.5) is 17.6 Å². The maximum atomic E-state index is 13.9. The molecule has 0 saturated heterocycles. The molecule has 5 aromatic carbocycles. The smallest absolute Gasteiger partial charge is 0.123 e. The van der Waals surface area contributed by atoms with Crippen LogP contribution in [0.15, 0.2) is 103 Å². The topological polar surface area (TPSA) is 79.8 Å². The highest BCUT2D eigenvalue weighted by molar-refractivity contribution is 6.09. The number of aromatic nitrogens is 2. The minimum Gasteiger partial charge on any atom is -0.390 e. The predicted octanol–water partition coefficient (Wildman–Crippen LogP) is 9.26. The van der Waals surface area contributed by atoms with Crippen molar-refractivity contribution in [3.8, 4) is 0 Å². The third kappa shape index (κ3) is 6.69. The summed E-state index contributed by atoms with van der Waals surface area (Å²) in [7, 11) is 0. The van der Waals surface area contributed by atoms with E-state index in [1.54, 1.807) is 24.3 Å². The van der Waals surface area contributed by atoms with Gasteiger partial charge in [-0.05, 0) is 117 Å². The van der Waals surface area contributed by atoms with E-state index >= 15 is 0 Å². The van der Waals surface area contributed by atoms with Crippen molar-refractivity contribution in [2.24, 2.45) is 0 Å². The molecule has 2 aromatic heterocycles. The van der Waals surface area contributed by atoms with E-state index in [0.717, 1.165) is 53.3 Å². The molecule has 3 N–H and O–H groups in total. The molecule has 0 unspecified atom stereocenters. The zero-order chi connectivity index (χ0) is 36.8. The fraction of sp³-hybridized carbons (Fsp3) is 0.302. The van der Waals surface area contributed by atoms with Crippen LogP contribution in [0, 0.1) is 23.3 Å². The summed E-state index contributed by atoms with van der Waals surface area (Å²) in [4.78, 5) is 0. The average Bonchev–Trinajstić information content (AvgIpc) is 3.64. The van der Waals surface area contributed by atoms with Crippen molar-refractivity contribution >= 4 is 43.6 Å². The number of fused-ring (bicyclic) bond motifs is 6. The number of halogens is 4. The van der Waals surface area contributed by atoms with Gasteiger partial charge in [0.25, 0.3) is 0 Å². The highest BCUT2D eigenvalue weighted by Gasteiger charge is 2.36. The predicted molar refractivity (Wildman–Crippen MR) is 198 cm³/mol. The quantitative estimate of drug-likeness (QED) is 0.155. The van der Waals surface area contributed by atoms with E-state index in [1.807, 2.05) is 39.5 Å². The third-order valence-electron chi connectivity index (χ3n) is 11.0. The van der Waals surface area contributed by atoms with Gasteiger partial charge in [-0.3, -0.25) is 0 Å². The van der Waals surface area contributed by atoms with Gasteiger partial charge in [0.05, 0.1) is 30.9 Å². The highest BCUT2D eigenvalue weighted by Crippen LogP contribution is 2.40. The SMILES string of the molecule is O[C@@H]1[C@H](O)CCC[C@H]1n1c2ccc(F)cc2c2cc(F)ccc21.O[C@H]1[C@H](n2c3ccc(F)cc3c3cc(F)ccc32)CCC[C@H]1OCc1ccccc1. The maximum absolute atomic E-state index is 13.9. The van der Waals surface area contributed by atoms with Gasteiger partial charge < -0.3 is 29.2 Å². The number of aliphatic hydroxyl groups is 3. The Hall–Kier alpha value is -4.74. The molecule has 9 rings (SSSR count). The van der Waals surface area contributed by atoms with Gasteiger partial charge >= 0.3 is 0 Å². The summed E-state index contributed by atoms with van der Waals surface area (Å²) in [6, 6.07) is 27.3. The van der Waals surface area contributed by atoms with Gasteiger partial charge in [-0.15, -0.1) is 0 Å². The monoisotopic (exact) mass is 724 g/mol. The van der Waals surface area contributed by atoms with Crippen molar-refractivity contribution in [3.05, 3.63) is 132 Å². The zero-order valence-corrected chi connectivity index (χ0v) is 28.9. The molecule has 2 aliphatic rings. The molecule has 2 aliphatic carbocycles. The molecule has 274 valence electrons. The molecule has 10 heteroatoms. The average molecular weight is 725 g/mol. The Morgan fingerprint density at radius 3 is 1.38 bits per heavy atom. The molecule has 0 radical (unpaired) electrons. The van der Waals surface area contributed by atoms with E-state index in [1.165, 1.54) is 48.5 Å². The van der Waals surface area contributed by atoms with Crippen LogP contribution in [0.1, 0.15) is 56.2 Å². The van der Waals surface area contributed by atoms with Crippen LogP contribution < -0.4 is 0 Å². The number of benzene rings is 5. The normalized spacial score (nSPS) is 23.5. The minimum absolute atomic E-state index is 0.226. The van der Waals surface area contributed by atoms with E-state index in [0.29, 0.717) is 41.0 Å². The number of aliphatic hydroxyl groups excluding tert-OH is 3. The third-order valence-corrected chi connectivity index (χ3v) is 11.0. The second-order valence-electron chi connectivity index (χ2n) is 14.3. The molecule has 0 aliphatic heterocycles. The lowest BCUT2D eigenvalue weighted by Crippen LogP contribution is -2.40. The van der Waals surface area contributed by atoms with Crippen LogP contribution >= 0.6 is 0 Å². The van der Waals surface area contributed by atoms with Crippen molar-refractivity contribution in [2.45, 2.75) is 81.6 Å². The van der Waals surface area contributed by atoms with Crippen LogP contribution in [0.25, 0.3) is 43.6 Å². The summed E-state index contributed by atoms with van der Waals surface area (Å²) in [6.45, 7) is 0.443. The number of nitrogens with zero attached hydrogens (tertiary/aromatic N) is 2. The van der Waals surface area contributed by atoms with Crippen LogP contribution in [0.2, 0.25) is 0 Å². The Kier molecular flexibility index (Phi) is 9.72. The first-order valence-electron chi connectivity index (χ1n) is 18.1. The first kappa shape index (κ1) is 35.3. The standard InChI is InChI=1S/C25H23F2NO2.C18H17F2NO2/c26-17-9-11-21-19(13-17)20-14-18(27)10-12-22(20)28(21)23-7-4-8-24(25(23)29)30-15-16-5-2-1-3-6-16;19-10-4-6-14-12(8-10)13-9-11(20)5-7-15(13)21(14)16-2-1-3-17(22)18(16)23/h1-3,5-6,9-14,23-25,29H,4,7-8,15H2;4-9,16-18,22-23H,1-3H2/t23-,24-,25+;16-,17-,18+/m11/s1. The molecule has 0 bridgehead atoms. The van der Waals surface area contributed by atoms with Crippen LogP contribution in [-0.2, 0) is 11.3 Å². The van der Waals surface area contributed by atoms with E-state index in [-0.39, 0.29) is 41.5 Å². The van der Waals surface area contributed by atoms with Crippen molar-refractivity contribution < 1.29 is 37.6 Å². The molecular formula is C43H40F4N2O4. The Labute approximate surface area is 303 Å². The molecule has 6 atom stereocenters. The molecule has 0 amide bonds. The summed E-state index contributed by atoms with van der Waals surface area (Å²) in [5.41, 5.74) is 4.14. The lowest BCUT2D eigenvalue weighted by molar-refractivity contribution is -0.0858. The first-order valence-corrected chi connectivity index (χ1v) is 18.1. The Morgan fingerprint density at radius 2 is 0.925 bits per heavy atom. The summed E-state index contributed by atoms with van der Waals surface area (Å²) in [5.74, 6) is -1.49. The number of rotatable bonds is 5. The van der Waals surface area contributed by atoms with Gasteiger partial charge in [-0.1, -0.05) is 30.3 Å². The second-order valence-corrected chi connectivity index (χ2v) is 14.3. The van der Waals surface area contributed by atoms with Crippen molar-refractivity contribution in [3.63, 3.8) is 0 Å². The fourth-order valence-electron chi connectivity index (χ4n) is 8.49. The number of hydrogen-bond acceptors (Lipinski definition) is 4. The lowest BCUT2D eigenvalue weighted by atomic mass is 9.89. The maximum Gasteiger partial charge on any atom is 0.123 e. The van der Waals surface area contributed by atoms with Gasteiger partial charge in [-0.25, -0.2) is 17.6 Å². The molecule has 2 heterocycles. The lowest BCUT2D eigenvalue weighted by Gasteiger charge is -2.36. The van der Waals surface area contributed by atoms with Crippen molar-refractivity contribution in [1.82, 2.24) is 9.13 Å². The summed E-state index contributed by atoms with van der Waals surface area (Å²) >= 11 is 0. The van der Waals surface area contributed by atoms with E-state index in [4.69, 9.17) is 4.74 Å². The summed E-state index contributed by atoms with van der Waals surface area (Å²) in [5, 5.41) is 34.2. The van der Waals surface area contributed by atoms with E-state index < -0.39 is 18.3 Å². The van der Waals surface area contributed by atoms with E-state index in [2.05, 4.69) is 0 Å². The van der Waals surface area contributed by atoms with E-state index in [9.17, 15) is 32.9 Å².